The van der Waals surface area contributed by atoms with E-state index in [-0.39, 0.29) is 0 Å². The van der Waals surface area contributed by atoms with Crippen molar-refractivity contribution in [1.29, 1.82) is 0 Å². The van der Waals surface area contributed by atoms with Crippen LogP contribution in [-0.2, 0) is 6.54 Å². The van der Waals surface area contributed by atoms with Crippen molar-refractivity contribution in [3.05, 3.63) is 40.3 Å². The number of aryl methyl sites for hydroxylation is 1. The first kappa shape index (κ1) is 12.5. The zero-order chi connectivity index (χ0) is 12.1. The maximum atomic E-state index is 4.45. The second-order valence-corrected chi connectivity index (χ2v) is 5.91. The molecule has 0 unspecified atom stereocenters. The molecule has 17 heavy (non-hydrogen) atoms. The maximum absolute atomic E-state index is 4.45. The standard InChI is InChI=1S/C13H16N2S2/c1-3-16-12-7-5-4-6-11(12)14-8-13-15-10(2)9-17-13/h4-7,9,14H,3,8H2,1-2H3. The fourth-order valence-electron chi connectivity index (χ4n) is 1.55. The van der Waals surface area contributed by atoms with Crippen LogP contribution in [0.4, 0.5) is 5.69 Å². The Morgan fingerprint density at radius 3 is 2.88 bits per heavy atom. The van der Waals surface area contributed by atoms with E-state index in [1.165, 1.54) is 10.6 Å². The minimum absolute atomic E-state index is 0.805. The summed E-state index contributed by atoms with van der Waals surface area (Å²) in [4.78, 5) is 5.76. The largest absolute Gasteiger partial charge is 0.378 e. The van der Waals surface area contributed by atoms with E-state index in [2.05, 4.69) is 46.9 Å². The van der Waals surface area contributed by atoms with Crippen molar-refractivity contribution in [2.45, 2.75) is 25.3 Å². The minimum atomic E-state index is 0.805. The molecule has 1 N–H and O–H groups in total. The molecule has 0 saturated carbocycles. The highest BCUT2D eigenvalue weighted by Gasteiger charge is 2.02. The zero-order valence-corrected chi connectivity index (χ0v) is 11.7. The Hall–Kier alpha value is -1.00. The second-order valence-electron chi connectivity index (χ2n) is 3.67. The lowest BCUT2D eigenvalue weighted by atomic mass is 10.3. The predicted octanol–water partition coefficient (Wildman–Crippen LogP) is 4.18. The van der Waals surface area contributed by atoms with Crippen molar-refractivity contribution in [3.8, 4) is 0 Å². The molecular weight excluding hydrogens is 248 g/mol. The van der Waals surface area contributed by atoms with E-state index in [0.717, 1.165) is 23.0 Å². The summed E-state index contributed by atoms with van der Waals surface area (Å²) in [5.41, 5.74) is 2.30. The molecule has 0 atom stereocenters. The lowest BCUT2D eigenvalue weighted by Crippen LogP contribution is -2.00. The number of thiazole rings is 1. The highest BCUT2D eigenvalue weighted by molar-refractivity contribution is 7.99. The second kappa shape index (κ2) is 6.07. The van der Waals surface area contributed by atoms with E-state index in [1.54, 1.807) is 11.3 Å². The van der Waals surface area contributed by atoms with Gasteiger partial charge in [-0.25, -0.2) is 4.98 Å². The number of nitrogens with zero attached hydrogens (tertiary/aromatic N) is 1. The molecule has 0 radical (unpaired) electrons. The number of hydrogen-bond donors (Lipinski definition) is 1. The number of nitrogens with one attached hydrogen (secondary N) is 1. The molecule has 0 aliphatic carbocycles. The monoisotopic (exact) mass is 264 g/mol. The molecule has 4 heteroatoms. The highest BCUT2D eigenvalue weighted by atomic mass is 32.2. The van der Waals surface area contributed by atoms with Gasteiger partial charge in [-0.2, -0.15) is 0 Å². The molecule has 1 aromatic heterocycles. The third kappa shape index (κ3) is 3.48. The molecule has 0 fully saturated rings. The van der Waals surface area contributed by atoms with E-state index >= 15 is 0 Å². The van der Waals surface area contributed by atoms with Crippen LogP contribution in [0.2, 0.25) is 0 Å². The lowest BCUT2D eigenvalue weighted by Gasteiger charge is -2.09. The van der Waals surface area contributed by atoms with Gasteiger partial charge in [0.15, 0.2) is 0 Å². The zero-order valence-electron chi connectivity index (χ0n) is 10.1. The van der Waals surface area contributed by atoms with Crippen LogP contribution in [0.5, 0.6) is 0 Å². The molecule has 0 aliphatic rings. The SMILES string of the molecule is CCSc1ccccc1NCc1nc(C)cs1. The van der Waals surface area contributed by atoms with Gasteiger partial charge in [-0.05, 0) is 24.8 Å². The van der Waals surface area contributed by atoms with Crippen molar-refractivity contribution >= 4 is 28.8 Å². The summed E-state index contributed by atoms with van der Waals surface area (Å²) in [6.45, 7) is 5.01. The molecule has 2 aromatic rings. The molecule has 1 heterocycles. The van der Waals surface area contributed by atoms with Gasteiger partial charge in [-0.15, -0.1) is 23.1 Å². The molecule has 0 amide bonds. The van der Waals surface area contributed by atoms with Crippen molar-refractivity contribution in [1.82, 2.24) is 4.98 Å². The number of thioether (sulfide) groups is 1. The van der Waals surface area contributed by atoms with Crippen LogP contribution in [0.3, 0.4) is 0 Å². The molecule has 0 saturated heterocycles. The van der Waals surface area contributed by atoms with Gasteiger partial charge in [0, 0.05) is 21.7 Å². The summed E-state index contributed by atoms with van der Waals surface area (Å²) < 4.78 is 0. The summed E-state index contributed by atoms with van der Waals surface area (Å²) in [5, 5.41) is 6.68. The first-order valence-corrected chi connectivity index (χ1v) is 7.53. The fraction of sp³-hybridized carbons (Fsp3) is 0.308. The van der Waals surface area contributed by atoms with Gasteiger partial charge in [0.25, 0.3) is 0 Å². The Kier molecular flexibility index (Phi) is 4.45. The average molecular weight is 264 g/mol. The van der Waals surface area contributed by atoms with Crippen LogP contribution in [-0.4, -0.2) is 10.7 Å². The van der Waals surface area contributed by atoms with Crippen molar-refractivity contribution in [2.24, 2.45) is 0 Å². The molecule has 0 bridgehead atoms. The molecule has 2 rings (SSSR count). The summed E-state index contributed by atoms with van der Waals surface area (Å²) in [6.07, 6.45) is 0. The topological polar surface area (TPSA) is 24.9 Å². The Balaban J connectivity index is 2.03. The minimum Gasteiger partial charge on any atom is -0.378 e. The van der Waals surface area contributed by atoms with Gasteiger partial charge in [0.2, 0.25) is 0 Å². The number of benzene rings is 1. The quantitative estimate of drug-likeness (QED) is 0.820. The smallest absolute Gasteiger partial charge is 0.112 e. The molecule has 0 spiro atoms. The summed E-state index contributed by atoms with van der Waals surface area (Å²) >= 11 is 3.57. The van der Waals surface area contributed by atoms with Gasteiger partial charge in [0.1, 0.15) is 5.01 Å². The normalized spacial score (nSPS) is 10.5. The molecule has 1 aromatic carbocycles. The van der Waals surface area contributed by atoms with Crippen LogP contribution >= 0.6 is 23.1 Å². The van der Waals surface area contributed by atoms with E-state index in [1.807, 2.05) is 18.7 Å². The number of hydrogen-bond acceptors (Lipinski definition) is 4. The Morgan fingerprint density at radius 2 is 2.18 bits per heavy atom. The Bertz CT molecular complexity index is 480. The number of aromatic nitrogens is 1. The van der Waals surface area contributed by atoms with Crippen LogP contribution in [0, 0.1) is 6.92 Å². The number of para-hydroxylation sites is 1. The Morgan fingerprint density at radius 1 is 1.35 bits per heavy atom. The predicted molar refractivity (Wildman–Crippen MR) is 77.0 cm³/mol. The van der Waals surface area contributed by atoms with Gasteiger partial charge in [0.05, 0.1) is 6.54 Å². The van der Waals surface area contributed by atoms with E-state index in [9.17, 15) is 0 Å². The van der Waals surface area contributed by atoms with Crippen LogP contribution in [0.15, 0.2) is 34.5 Å². The molecule has 2 nitrogen and oxygen atoms in total. The number of anilines is 1. The highest BCUT2D eigenvalue weighted by Crippen LogP contribution is 2.27. The first-order valence-electron chi connectivity index (χ1n) is 5.66. The average Bonchev–Trinajstić information content (AvgIpc) is 2.74. The van der Waals surface area contributed by atoms with Crippen molar-refractivity contribution in [2.75, 3.05) is 11.1 Å². The van der Waals surface area contributed by atoms with Gasteiger partial charge in [-0.3, -0.25) is 0 Å². The summed E-state index contributed by atoms with van der Waals surface area (Å²) in [7, 11) is 0. The van der Waals surface area contributed by atoms with Crippen molar-refractivity contribution in [3.63, 3.8) is 0 Å². The molecular formula is C13H16N2S2. The Labute approximate surface area is 110 Å². The van der Waals surface area contributed by atoms with Gasteiger partial charge in [-0.1, -0.05) is 19.1 Å². The molecule has 90 valence electrons. The van der Waals surface area contributed by atoms with E-state index < -0.39 is 0 Å². The third-order valence-corrected chi connectivity index (χ3v) is 4.21. The fourth-order valence-corrected chi connectivity index (χ4v) is 3.04. The van der Waals surface area contributed by atoms with Gasteiger partial charge < -0.3 is 5.32 Å². The van der Waals surface area contributed by atoms with Crippen LogP contribution < -0.4 is 5.32 Å². The van der Waals surface area contributed by atoms with Crippen LogP contribution in [0.1, 0.15) is 17.6 Å². The van der Waals surface area contributed by atoms with E-state index in [0.29, 0.717) is 0 Å². The molecule has 0 aliphatic heterocycles. The number of rotatable bonds is 5. The first-order chi connectivity index (χ1) is 8.29. The lowest BCUT2D eigenvalue weighted by molar-refractivity contribution is 1.07. The maximum Gasteiger partial charge on any atom is 0.112 e. The van der Waals surface area contributed by atoms with Crippen LogP contribution in [0.25, 0.3) is 0 Å². The van der Waals surface area contributed by atoms with Gasteiger partial charge >= 0.3 is 0 Å². The summed E-state index contributed by atoms with van der Waals surface area (Å²) in [5.74, 6) is 1.09. The third-order valence-electron chi connectivity index (χ3n) is 2.28. The van der Waals surface area contributed by atoms with Crippen molar-refractivity contribution < 1.29 is 0 Å². The summed E-state index contributed by atoms with van der Waals surface area (Å²) in [6, 6.07) is 8.42. The van der Waals surface area contributed by atoms with E-state index in [4.69, 9.17) is 0 Å².